The molecule has 94 valence electrons. The topological polar surface area (TPSA) is 39.2 Å². The predicted octanol–water partition coefficient (Wildman–Crippen LogP) is 2.87. The molecule has 0 unspecified atom stereocenters. The van der Waals surface area contributed by atoms with E-state index in [-0.39, 0.29) is 15.9 Å². The molecule has 0 radical (unpaired) electrons. The van der Waals surface area contributed by atoms with Gasteiger partial charge in [-0.2, -0.15) is 0 Å². The SMILES string of the molecule is CCOC(=O)Cc1ncc(I)c(C(F)F)c1F. The van der Waals surface area contributed by atoms with E-state index in [0.29, 0.717) is 0 Å². The maximum atomic E-state index is 13.6. The lowest BCUT2D eigenvalue weighted by Crippen LogP contribution is -2.12. The van der Waals surface area contributed by atoms with Gasteiger partial charge < -0.3 is 4.74 Å². The lowest BCUT2D eigenvalue weighted by atomic mass is 10.2. The minimum Gasteiger partial charge on any atom is -0.466 e. The van der Waals surface area contributed by atoms with E-state index in [1.54, 1.807) is 29.5 Å². The van der Waals surface area contributed by atoms with Gasteiger partial charge in [0.05, 0.1) is 24.3 Å². The summed E-state index contributed by atoms with van der Waals surface area (Å²) in [6.07, 6.45) is -2.28. The maximum absolute atomic E-state index is 13.6. The zero-order valence-electron chi connectivity index (χ0n) is 8.84. The van der Waals surface area contributed by atoms with Crippen LogP contribution in [0.5, 0.6) is 0 Å². The standard InChI is InChI=1S/C10H9F3INO2/c1-2-17-7(16)3-6-9(11)8(10(12)13)5(14)4-15-6/h4,10H,2-3H2,1H3. The molecule has 0 aliphatic carbocycles. The quantitative estimate of drug-likeness (QED) is 0.613. The van der Waals surface area contributed by atoms with Crippen LogP contribution in [0.15, 0.2) is 6.20 Å². The van der Waals surface area contributed by atoms with Crippen molar-refractivity contribution in [1.82, 2.24) is 4.98 Å². The molecule has 1 rings (SSSR count). The van der Waals surface area contributed by atoms with E-state index in [0.717, 1.165) is 6.20 Å². The Morgan fingerprint density at radius 2 is 2.24 bits per heavy atom. The number of carbonyl (C=O) groups excluding carboxylic acids is 1. The molecule has 0 aliphatic heterocycles. The van der Waals surface area contributed by atoms with Crippen LogP contribution in [0, 0.1) is 9.39 Å². The molecule has 0 bridgehead atoms. The molecule has 0 N–H and O–H groups in total. The van der Waals surface area contributed by atoms with E-state index in [4.69, 9.17) is 0 Å². The van der Waals surface area contributed by atoms with Gasteiger partial charge in [-0.1, -0.05) is 0 Å². The van der Waals surface area contributed by atoms with Crippen molar-refractivity contribution in [3.63, 3.8) is 0 Å². The van der Waals surface area contributed by atoms with Gasteiger partial charge in [0, 0.05) is 9.77 Å². The van der Waals surface area contributed by atoms with E-state index in [1.165, 1.54) is 0 Å². The molecule has 3 nitrogen and oxygen atoms in total. The van der Waals surface area contributed by atoms with E-state index in [2.05, 4.69) is 9.72 Å². The molecule has 0 saturated heterocycles. The number of hydrogen-bond donors (Lipinski definition) is 0. The van der Waals surface area contributed by atoms with Crippen molar-refractivity contribution in [2.75, 3.05) is 6.61 Å². The molecule has 0 atom stereocenters. The van der Waals surface area contributed by atoms with Crippen LogP contribution >= 0.6 is 22.6 Å². The molecule has 1 aromatic heterocycles. The number of alkyl halides is 2. The van der Waals surface area contributed by atoms with Crippen LogP contribution in [-0.2, 0) is 16.0 Å². The zero-order chi connectivity index (χ0) is 13.0. The van der Waals surface area contributed by atoms with Crippen molar-refractivity contribution in [1.29, 1.82) is 0 Å². The Labute approximate surface area is 110 Å². The lowest BCUT2D eigenvalue weighted by Gasteiger charge is -2.08. The number of nitrogens with zero attached hydrogens (tertiary/aromatic N) is 1. The molecule has 7 heteroatoms. The van der Waals surface area contributed by atoms with Gasteiger partial charge in [0.2, 0.25) is 0 Å². The van der Waals surface area contributed by atoms with E-state index in [1.807, 2.05) is 0 Å². The molecular formula is C10H9F3INO2. The summed E-state index contributed by atoms with van der Waals surface area (Å²) in [4.78, 5) is 14.7. The van der Waals surface area contributed by atoms with Gasteiger partial charge in [0.15, 0.2) is 5.82 Å². The Kier molecular flexibility index (Phi) is 5.16. The first kappa shape index (κ1) is 14.2. The average Bonchev–Trinajstić information content (AvgIpc) is 2.22. The fraction of sp³-hybridized carbons (Fsp3) is 0.400. The van der Waals surface area contributed by atoms with Crippen molar-refractivity contribution < 1.29 is 22.7 Å². The van der Waals surface area contributed by atoms with Crippen molar-refractivity contribution in [3.05, 3.63) is 26.8 Å². The summed E-state index contributed by atoms with van der Waals surface area (Å²) in [5, 5.41) is 0. The number of hydrogen-bond acceptors (Lipinski definition) is 3. The normalized spacial score (nSPS) is 10.7. The second-order valence-corrected chi connectivity index (χ2v) is 4.23. The molecule has 1 aromatic rings. The summed E-state index contributed by atoms with van der Waals surface area (Å²) >= 11 is 1.57. The summed E-state index contributed by atoms with van der Waals surface area (Å²) < 4.78 is 43.4. The van der Waals surface area contributed by atoms with Crippen LogP contribution in [-0.4, -0.2) is 17.6 Å². The number of aromatic nitrogens is 1. The number of halogens is 4. The molecule has 17 heavy (non-hydrogen) atoms. The third-order valence-electron chi connectivity index (χ3n) is 1.92. The first-order chi connectivity index (χ1) is 7.97. The second kappa shape index (κ2) is 6.18. The largest absolute Gasteiger partial charge is 0.466 e. The van der Waals surface area contributed by atoms with Crippen LogP contribution < -0.4 is 0 Å². The Morgan fingerprint density at radius 1 is 1.59 bits per heavy atom. The Bertz CT molecular complexity index is 426. The third kappa shape index (κ3) is 3.55. The van der Waals surface area contributed by atoms with E-state index < -0.39 is 30.2 Å². The van der Waals surface area contributed by atoms with Gasteiger partial charge in [0.1, 0.15) is 0 Å². The highest BCUT2D eigenvalue weighted by molar-refractivity contribution is 14.1. The number of rotatable bonds is 4. The number of pyridine rings is 1. The van der Waals surface area contributed by atoms with E-state index in [9.17, 15) is 18.0 Å². The van der Waals surface area contributed by atoms with Gasteiger partial charge >= 0.3 is 5.97 Å². The van der Waals surface area contributed by atoms with Gasteiger partial charge in [0.25, 0.3) is 6.43 Å². The molecule has 0 spiro atoms. The minimum absolute atomic E-state index is 0.0303. The smallest absolute Gasteiger partial charge is 0.311 e. The molecule has 0 aromatic carbocycles. The number of carbonyl (C=O) groups is 1. The van der Waals surface area contributed by atoms with Crippen molar-refractivity contribution in [3.8, 4) is 0 Å². The number of esters is 1. The van der Waals surface area contributed by atoms with Crippen molar-refractivity contribution >= 4 is 28.6 Å². The third-order valence-corrected chi connectivity index (χ3v) is 2.78. The summed E-state index contributed by atoms with van der Waals surface area (Å²) in [5.41, 5.74) is -1.04. The summed E-state index contributed by atoms with van der Waals surface area (Å²) in [5.74, 6) is -1.83. The van der Waals surface area contributed by atoms with Crippen LogP contribution in [0.3, 0.4) is 0 Å². The Morgan fingerprint density at radius 3 is 2.76 bits per heavy atom. The summed E-state index contributed by atoms with van der Waals surface area (Å²) in [6.45, 7) is 1.74. The predicted molar refractivity (Wildman–Crippen MR) is 62.2 cm³/mol. The van der Waals surface area contributed by atoms with Crippen LogP contribution in [0.2, 0.25) is 0 Å². The molecule has 0 aliphatic rings. The fourth-order valence-electron chi connectivity index (χ4n) is 1.19. The molecular weight excluding hydrogens is 350 g/mol. The van der Waals surface area contributed by atoms with Crippen LogP contribution in [0.25, 0.3) is 0 Å². The minimum atomic E-state index is -2.94. The highest BCUT2D eigenvalue weighted by Gasteiger charge is 2.22. The zero-order valence-corrected chi connectivity index (χ0v) is 11.0. The first-order valence-corrected chi connectivity index (χ1v) is 5.81. The first-order valence-electron chi connectivity index (χ1n) is 4.73. The monoisotopic (exact) mass is 359 g/mol. The highest BCUT2D eigenvalue weighted by atomic mass is 127. The van der Waals surface area contributed by atoms with Gasteiger partial charge in [-0.15, -0.1) is 0 Å². The Hall–Kier alpha value is -0.860. The van der Waals surface area contributed by atoms with Gasteiger partial charge in [-0.3, -0.25) is 9.78 Å². The van der Waals surface area contributed by atoms with Gasteiger partial charge in [-0.25, -0.2) is 13.2 Å². The van der Waals surface area contributed by atoms with Gasteiger partial charge in [-0.05, 0) is 29.5 Å². The van der Waals surface area contributed by atoms with Crippen LogP contribution in [0.1, 0.15) is 24.6 Å². The molecule has 0 fully saturated rings. The lowest BCUT2D eigenvalue weighted by molar-refractivity contribution is -0.142. The van der Waals surface area contributed by atoms with Crippen molar-refractivity contribution in [2.24, 2.45) is 0 Å². The maximum Gasteiger partial charge on any atom is 0.311 e. The van der Waals surface area contributed by atoms with E-state index >= 15 is 0 Å². The summed E-state index contributed by atoms with van der Waals surface area (Å²) in [7, 11) is 0. The fourth-order valence-corrected chi connectivity index (χ4v) is 1.80. The summed E-state index contributed by atoms with van der Waals surface area (Å²) in [6, 6.07) is 0. The average molecular weight is 359 g/mol. The number of ether oxygens (including phenoxy) is 1. The van der Waals surface area contributed by atoms with Crippen LogP contribution in [0.4, 0.5) is 13.2 Å². The second-order valence-electron chi connectivity index (χ2n) is 3.06. The molecule has 0 amide bonds. The highest BCUT2D eigenvalue weighted by Crippen LogP contribution is 2.28. The Balaban J connectivity index is 3.02. The molecule has 0 saturated carbocycles. The van der Waals surface area contributed by atoms with Crippen molar-refractivity contribution in [2.45, 2.75) is 19.8 Å². The molecule has 1 heterocycles.